The van der Waals surface area contributed by atoms with Crippen LogP contribution in [-0.2, 0) is 6.54 Å². The van der Waals surface area contributed by atoms with E-state index in [-0.39, 0.29) is 23.6 Å². The minimum Gasteiger partial charge on any atom is -0.294 e. The van der Waals surface area contributed by atoms with Crippen LogP contribution < -0.4 is 10.9 Å². The van der Waals surface area contributed by atoms with Crippen LogP contribution in [0.5, 0.6) is 0 Å². The molecule has 3 heterocycles. The van der Waals surface area contributed by atoms with Crippen molar-refractivity contribution in [1.82, 2.24) is 25.8 Å². The molecule has 1 aliphatic heterocycles. The maximum Gasteiger partial charge on any atom is 0.169 e. The first-order valence-corrected chi connectivity index (χ1v) is 9.22. The third-order valence-corrected chi connectivity index (χ3v) is 5.56. The zero-order chi connectivity index (χ0) is 18.1. The molecule has 0 saturated carbocycles. The summed E-state index contributed by atoms with van der Waals surface area (Å²) in [5, 5.41) is 10.4. The first-order valence-electron chi connectivity index (χ1n) is 8.34. The Morgan fingerprint density at radius 2 is 2.19 bits per heavy atom. The van der Waals surface area contributed by atoms with Crippen molar-refractivity contribution in [3.63, 3.8) is 0 Å². The molecule has 2 atom stereocenters. The molecule has 8 heteroatoms. The van der Waals surface area contributed by atoms with Gasteiger partial charge in [-0.3, -0.25) is 14.9 Å². The summed E-state index contributed by atoms with van der Waals surface area (Å²) >= 11 is 1.42. The Bertz CT molecular complexity index is 920. The number of thiophene rings is 1. The molecule has 2 aromatic heterocycles. The summed E-state index contributed by atoms with van der Waals surface area (Å²) in [4.78, 5) is 12.2. The van der Waals surface area contributed by atoms with Gasteiger partial charge in [-0.05, 0) is 30.7 Å². The fourth-order valence-electron chi connectivity index (χ4n) is 3.15. The molecule has 3 aromatic rings. The Labute approximate surface area is 154 Å². The second kappa shape index (κ2) is 7.06. The lowest BCUT2D eigenvalue weighted by Gasteiger charge is -2.18. The van der Waals surface area contributed by atoms with Crippen molar-refractivity contribution in [3.05, 3.63) is 58.2 Å². The number of carbonyl (C=O) groups excluding carboxylic acids is 1. The predicted molar refractivity (Wildman–Crippen MR) is 97.1 cm³/mol. The van der Waals surface area contributed by atoms with Gasteiger partial charge in [0.05, 0.1) is 17.1 Å². The number of halogens is 1. The predicted octanol–water partition coefficient (Wildman–Crippen LogP) is 2.81. The Kier molecular flexibility index (Phi) is 4.62. The highest BCUT2D eigenvalue weighted by atomic mass is 32.1. The van der Waals surface area contributed by atoms with Crippen LogP contribution in [0, 0.1) is 11.7 Å². The van der Waals surface area contributed by atoms with Crippen molar-refractivity contribution in [2.45, 2.75) is 19.5 Å². The number of hydrogen-bond donors (Lipinski definition) is 2. The van der Waals surface area contributed by atoms with Gasteiger partial charge in [-0.2, -0.15) is 0 Å². The molecular weight excluding hydrogens is 353 g/mol. The van der Waals surface area contributed by atoms with Crippen LogP contribution >= 0.6 is 11.3 Å². The topological polar surface area (TPSA) is 71.8 Å². The van der Waals surface area contributed by atoms with Gasteiger partial charge >= 0.3 is 0 Å². The number of benzene rings is 1. The van der Waals surface area contributed by atoms with Gasteiger partial charge in [0.1, 0.15) is 11.5 Å². The van der Waals surface area contributed by atoms with Gasteiger partial charge in [-0.1, -0.05) is 17.3 Å². The maximum absolute atomic E-state index is 13.2. The molecule has 4 rings (SSSR count). The molecule has 0 aliphatic carbocycles. The molecule has 2 N–H and O–H groups in total. The average Bonchev–Trinajstić information content (AvgIpc) is 3.36. The van der Waals surface area contributed by atoms with Crippen LogP contribution in [0.2, 0.25) is 0 Å². The first-order chi connectivity index (χ1) is 12.6. The molecule has 26 heavy (non-hydrogen) atoms. The van der Waals surface area contributed by atoms with E-state index < -0.39 is 0 Å². The van der Waals surface area contributed by atoms with Gasteiger partial charge in [0.2, 0.25) is 0 Å². The second-order valence-corrected chi connectivity index (χ2v) is 7.31. The number of hydrazine groups is 1. The molecule has 0 spiro atoms. The van der Waals surface area contributed by atoms with Crippen LogP contribution in [0.25, 0.3) is 11.3 Å². The van der Waals surface area contributed by atoms with Crippen LogP contribution in [-0.4, -0.2) is 27.3 Å². The quantitative estimate of drug-likeness (QED) is 0.675. The van der Waals surface area contributed by atoms with Crippen molar-refractivity contribution in [2.75, 3.05) is 6.54 Å². The van der Waals surface area contributed by atoms with Crippen molar-refractivity contribution in [2.24, 2.45) is 5.92 Å². The molecule has 1 aromatic carbocycles. The molecule has 2 unspecified atom stereocenters. The molecular formula is C18H18FN5OS. The minimum absolute atomic E-state index is 0.0545. The largest absolute Gasteiger partial charge is 0.294 e. The summed E-state index contributed by atoms with van der Waals surface area (Å²) in [6, 6.07) is 8.48. The summed E-state index contributed by atoms with van der Waals surface area (Å²) in [6.07, 6.45) is 1.89. The van der Waals surface area contributed by atoms with Crippen LogP contribution in [0.1, 0.15) is 28.2 Å². The van der Waals surface area contributed by atoms with E-state index in [4.69, 9.17) is 0 Å². The number of ketones is 1. The zero-order valence-corrected chi connectivity index (χ0v) is 15.0. The van der Waals surface area contributed by atoms with E-state index >= 15 is 0 Å². The van der Waals surface area contributed by atoms with Gasteiger partial charge in [-0.15, -0.1) is 16.4 Å². The van der Waals surface area contributed by atoms with Crippen molar-refractivity contribution < 1.29 is 9.18 Å². The van der Waals surface area contributed by atoms with E-state index in [0.717, 1.165) is 28.2 Å². The number of rotatable bonds is 5. The van der Waals surface area contributed by atoms with E-state index in [0.29, 0.717) is 6.54 Å². The Hall–Kier alpha value is -2.42. The van der Waals surface area contributed by atoms with Gasteiger partial charge in [-0.25, -0.2) is 9.82 Å². The van der Waals surface area contributed by atoms with Gasteiger partial charge in [0.15, 0.2) is 5.78 Å². The lowest BCUT2D eigenvalue weighted by atomic mass is 9.95. The van der Waals surface area contributed by atoms with Crippen LogP contribution in [0.3, 0.4) is 0 Å². The van der Waals surface area contributed by atoms with E-state index in [1.165, 1.54) is 23.5 Å². The molecule has 1 aliphatic rings. The van der Waals surface area contributed by atoms with Crippen molar-refractivity contribution in [1.29, 1.82) is 0 Å². The third kappa shape index (κ3) is 3.44. The van der Waals surface area contributed by atoms with E-state index in [1.54, 1.807) is 19.1 Å². The molecule has 1 saturated heterocycles. The number of Topliss-reactive ketones (excluding diaryl/α,β-unsaturated/α-hetero) is 1. The molecule has 0 radical (unpaired) electrons. The number of aromatic nitrogens is 3. The van der Waals surface area contributed by atoms with Crippen molar-refractivity contribution in [3.8, 4) is 11.3 Å². The molecule has 1 fully saturated rings. The Morgan fingerprint density at radius 3 is 2.92 bits per heavy atom. The summed E-state index contributed by atoms with van der Waals surface area (Å²) in [5.74, 6) is 0.0713. The zero-order valence-electron chi connectivity index (χ0n) is 14.1. The van der Waals surface area contributed by atoms with E-state index in [2.05, 4.69) is 21.2 Å². The third-order valence-electron chi connectivity index (χ3n) is 4.52. The monoisotopic (exact) mass is 371 g/mol. The summed E-state index contributed by atoms with van der Waals surface area (Å²) in [5.41, 5.74) is 9.11. The number of nitrogens with one attached hydrogen (secondary N) is 2. The lowest BCUT2D eigenvalue weighted by Crippen LogP contribution is -2.25. The normalized spacial score (nSPS) is 19.8. The van der Waals surface area contributed by atoms with Crippen LogP contribution in [0.4, 0.5) is 4.39 Å². The first kappa shape index (κ1) is 17.0. The fraction of sp³-hybridized carbons (Fsp3) is 0.278. The van der Waals surface area contributed by atoms with E-state index in [9.17, 15) is 9.18 Å². The fourth-order valence-corrected chi connectivity index (χ4v) is 3.95. The SMILES string of the molecule is CC(=O)c1cc(-c2cn(CC3CNNC3c3ccc(F)cc3)nn2)cs1. The van der Waals surface area contributed by atoms with Gasteiger partial charge < -0.3 is 0 Å². The number of nitrogens with zero attached hydrogens (tertiary/aromatic N) is 3. The molecule has 0 amide bonds. The molecule has 0 bridgehead atoms. The van der Waals surface area contributed by atoms with Crippen LogP contribution in [0.15, 0.2) is 41.9 Å². The van der Waals surface area contributed by atoms with Crippen molar-refractivity contribution >= 4 is 17.1 Å². The second-order valence-electron chi connectivity index (χ2n) is 6.40. The Morgan fingerprint density at radius 1 is 1.38 bits per heavy atom. The Balaban J connectivity index is 1.49. The van der Waals surface area contributed by atoms with Gasteiger partial charge in [0.25, 0.3) is 0 Å². The highest BCUT2D eigenvalue weighted by Crippen LogP contribution is 2.28. The highest BCUT2D eigenvalue weighted by Gasteiger charge is 2.29. The maximum atomic E-state index is 13.2. The smallest absolute Gasteiger partial charge is 0.169 e. The average molecular weight is 371 g/mol. The summed E-state index contributed by atoms with van der Waals surface area (Å²) < 4.78 is 15.0. The van der Waals surface area contributed by atoms with E-state index in [1.807, 2.05) is 22.3 Å². The van der Waals surface area contributed by atoms with Gasteiger partial charge in [0, 0.05) is 30.0 Å². The number of carbonyl (C=O) groups is 1. The summed E-state index contributed by atoms with van der Waals surface area (Å²) in [7, 11) is 0. The molecule has 6 nitrogen and oxygen atoms in total. The molecule has 134 valence electrons. The minimum atomic E-state index is -0.238. The highest BCUT2D eigenvalue weighted by molar-refractivity contribution is 7.12. The lowest BCUT2D eigenvalue weighted by molar-refractivity contribution is 0.102. The number of hydrogen-bond acceptors (Lipinski definition) is 6. The standard InChI is InChI=1S/C18H18FN5OS/c1-11(25)17-6-13(10-26-17)16-9-24(23-21-16)8-14-7-20-22-18(14)12-2-4-15(19)5-3-12/h2-6,9-10,14,18,20,22H,7-8H2,1H3. The summed E-state index contributed by atoms with van der Waals surface area (Å²) in [6.45, 7) is 3.02.